The number of amides is 1. The van der Waals surface area contributed by atoms with Gasteiger partial charge >= 0.3 is 0 Å². The second-order valence-electron chi connectivity index (χ2n) is 7.72. The van der Waals surface area contributed by atoms with Crippen LogP contribution in [0.4, 0.5) is 5.82 Å². The molecule has 32 heavy (non-hydrogen) atoms. The maximum atomic E-state index is 13.2. The first kappa shape index (κ1) is 22.3. The van der Waals surface area contributed by atoms with Gasteiger partial charge in [0, 0.05) is 53.7 Å². The number of aromatic nitrogens is 3. The molecule has 0 saturated carbocycles. The fraction of sp³-hybridized carbons (Fsp3) is 0.304. The van der Waals surface area contributed by atoms with Crippen LogP contribution < -0.4 is 10.5 Å². The Morgan fingerprint density at radius 1 is 1.16 bits per heavy atom. The van der Waals surface area contributed by atoms with Gasteiger partial charge in [0.1, 0.15) is 12.4 Å². The maximum absolute atomic E-state index is 13.2. The lowest BCUT2D eigenvalue weighted by atomic mass is 9.94. The summed E-state index contributed by atoms with van der Waals surface area (Å²) in [6.07, 6.45) is 7.68. The van der Waals surface area contributed by atoms with Crippen molar-refractivity contribution in [3.05, 3.63) is 75.9 Å². The fourth-order valence-electron chi connectivity index (χ4n) is 3.80. The van der Waals surface area contributed by atoms with Crippen LogP contribution in [-0.2, 0) is 13.0 Å². The lowest BCUT2D eigenvalue weighted by molar-refractivity contribution is 0.0671. The third-order valence-electron chi connectivity index (χ3n) is 5.46. The van der Waals surface area contributed by atoms with Crippen molar-refractivity contribution in [1.29, 1.82) is 0 Å². The summed E-state index contributed by atoms with van der Waals surface area (Å²) in [6.45, 7) is 1.46. The van der Waals surface area contributed by atoms with Crippen LogP contribution in [-0.4, -0.2) is 38.8 Å². The zero-order valence-electron chi connectivity index (χ0n) is 17.4. The molecule has 1 aliphatic heterocycles. The van der Waals surface area contributed by atoms with Gasteiger partial charge in [0.15, 0.2) is 11.6 Å². The molecule has 9 heteroatoms. The van der Waals surface area contributed by atoms with Crippen LogP contribution in [0.25, 0.3) is 0 Å². The quantitative estimate of drug-likeness (QED) is 0.570. The number of ether oxygens (including phenoxy) is 1. The number of nitrogen functional groups attached to an aromatic ring is 1. The SMILES string of the molecule is Nc1ncc(C(=O)N2CCCC(Cc3ncccn3)C2)cc1OCc1c(Cl)cccc1Cl. The fourth-order valence-corrected chi connectivity index (χ4v) is 4.31. The lowest BCUT2D eigenvalue weighted by Crippen LogP contribution is -2.40. The summed E-state index contributed by atoms with van der Waals surface area (Å²) in [7, 11) is 0. The molecule has 4 rings (SSSR count). The Kier molecular flexibility index (Phi) is 7.07. The first-order valence-electron chi connectivity index (χ1n) is 10.4. The van der Waals surface area contributed by atoms with Gasteiger partial charge in [0.2, 0.25) is 0 Å². The molecular weight excluding hydrogens is 449 g/mol. The van der Waals surface area contributed by atoms with Crippen LogP contribution in [0.2, 0.25) is 10.0 Å². The number of rotatable bonds is 6. The van der Waals surface area contributed by atoms with Crippen LogP contribution in [0.3, 0.4) is 0 Å². The molecule has 0 bridgehead atoms. The van der Waals surface area contributed by atoms with Gasteiger partial charge in [-0.05, 0) is 43.0 Å². The van der Waals surface area contributed by atoms with E-state index < -0.39 is 0 Å². The second kappa shape index (κ2) is 10.1. The Hall–Kier alpha value is -2.90. The summed E-state index contributed by atoms with van der Waals surface area (Å²) in [4.78, 5) is 27.8. The van der Waals surface area contributed by atoms with Crippen molar-refractivity contribution in [2.75, 3.05) is 18.8 Å². The topological polar surface area (TPSA) is 94.2 Å². The average molecular weight is 472 g/mol. The summed E-state index contributed by atoms with van der Waals surface area (Å²) in [5.41, 5.74) is 7.05. The van der Waals surface area contributed by atoms with Crippen molar-refractivity contribution in [2.24, 2.45) is 5.92 Å². The number of nitrogens with two attached hydrogens (primary N) is 1. The Balaban J connectivity index is 1.44. The molecule has 1 aliphatic rings. The number of piperidine rings is 1. The molecule has 2 aromatic heterocycles. The van der Waals surface area contributed by atoms with Gasteiger partial charge in [0.25, 0.3) is 5.91 Å². The molecule has 1 amide bonds. The highest BCUT2D eigenvalue weighted by molar-refractivity contribution is 6.35. The Morgan fingerprint density at radius 2 is 1.91 bits per heavy atom. The predicted octanol–water partition coefficient (Wildman–Crippen LogP) is 4.43. The molecule has 1 atom stereocenters. The van der Waals surface area contributed by atoms with Crippen molar-refractivity contribution >= 4 is 34.9 Å². The normalized spacial score (nSPS) is 16.1. The van der Waals surface area contributed by atoms with E-state index in [0.29, 0.717) is 45.9 Å². The summed E-state index contributed by atoms with van der Waals surface area (Å²) in [6, 6.07) is 8.66. The molecule has 0 aliphatic carbocycles. The van der Waals surface area contributed by atoms with E-state index in [-0.39, 0.29) is 18.3 Å². The number of pyridine rings is 1. The van der Waals surface area contributed by atoms with E-state index in [0.717, 1.165) is 25.1 Å². The molecule has 1 aromatic carbocycles. The maximum Gasteiger partial charge on any atom is 0.255 e. The number of nitrogens with zero attached hydrogens (tertiary/aromatic N) is 4. The lowest BCUT2D eigenvalue weighted by Gasteiger charge is -2.32. The molecular formula is C23H23Cl2N5O2. The van der Waals surface area contributed by atoms with Crippen LogP contribution in [0, 0.1) is 5.92 Å². The number of halogens is 2. The smallest absolute Gasteiger partial charge is 0.255 e. The van der Waals surface area contributed by atoms with Gasteiger partial charge in [-0.3, -0.25) is 4.79 Å². The van der Waals surface area contributed by atoms with Gasteiger partial charge in [-0.15, -0.1) is 0 Å². The van der Waals surface area contributed by atoms with E-state index in [1.54, 1.807) is 42.7 Å². The number of benzene rings is 1. The van der Waals surface area contributed by atoms with Crippen molar-refractivity contribution < 1.29 is 9.53 Å². The van der Waals surface area contributed by atoms with Crippen LogP contribution in [0.5, 0.6) is 5.75 Å². The summed E-state index contributed by atoms with van der Waals surface area (Å²) < 4.78 is 5.82. The second-order valence-corrected chi connectivity index (χ2v) is 8.54. The minimum absolute atomic E-state index is 0.100. The van der Waals surface area contributed by atoms with Gasteiger partial charge in [-0.25, -0.2) is 15.0 Å². The van der Waals surface area contributed by atoms with Crippen LogP contribution in [0.15, 0.2) is 48.9 Å². The Bertz CT molecular complexity index is 1080. The van der Waals surface area contributed by atoms with E-state index in [1.807, 2.05) is 4.90 Å². The van der Waals surface area contributed by atoms with E-state index >= 15 is 0 Å². The monoisotopic (exact) mass is 471 g/mol. The molecule has 1 fully saturated rings. The highest BCUT2D eigenvalue weighted by Gasteiger charge is 2.26. The predicted molar refractivity (Wildman–Crippen MR) is 124 cm³/mol. The van der Waals surface area contributed by atoms with E-state index in [2.05, 4.69) is 15.0 Å². The van der Waals surface area contributed by atoms with E-state index in [9.17, 15) is 4.79 Å². The molecule has 1 saturated heterocycles. The van der Waals surface area contributed by atoms with Crippen LogP contribution >= 0.6 is 23.2 Å². The molecule has 1 unspecified atom stereocenters. The van der Waals surface area contributed by atoms with Crippen molar-refractivity contribution in [3.63, 3.8) is 0 Å². The van der Waals surface area contributed by atoms with Gasteiger partial charge in [0.05, 0.1) is 5.56 Å². The number of hydrogen-bond acceptors (Lipinski definition) is 6. The molecule has 2 N–H and O–H groups in total. The van der Waals surface area contributed by atoms with E-state index in [4.69, 9.17) is 33.7 Å². The Labute approximate surface area is 196 Å². The summed E-state index contributed by atoms with van der Waals surface area (Å²) in [5.74, 6) is 1.53. The zero-order chi connectivity index (χ0) is 22.5. The molecule has 3 heterocycles. The number of carbonyl (C=O) groups excluding carboxylic acids is 1. The number of anilines is 1. The number of carbonyl (C=O) groups is 1. The third-order valence-corrected chi connectivity index (χ3v) is 6.17. The highest BCUT2D eigenvalue weighted by Crippen LogP contribution is 2.28. The van der Waals surface area contributed by atoms with Gasteiger partial charge < -0.3 is 15.4 Å². The van der Waals surface area contributed by atoms with E-state index in [1.165, 1.54) is 6.20 Å². The van der Waals surface area contributed by atoms with Crippen molar-refractivity contribution in [1.82, 2.24) is 19.9 Å². The van der Waals surface area contributed by atoms with Crippen molar-refractivity contribution in [3.8, 4) is 5.75 Å². The number of likely N-dealkylation sites (tertiary alicyclic amines) is 1. The minimum Gasteiger partial charge on any atom is -0.485 e. The standard InChI is InChI=1S/C23H23Cl2N5O2/c24-18-5-1-6-19(25)17(18)14-32-20-11-16(12-29-22(20)26)23(31)30-9-2-4-15(13-30)10-21-27-7-3-8-28-21/h1,3,5-8,11-12,15H,2,4,9-10,13-14H2,(H2,26,29). The summed E-state index contributed by atoms with van der Waals surface area (Å²) >= 11 is 12.4. The molecule has 0 radical (unpaired) electrons. The largest absolute Gasteiger partial charge is 0.485 e. The molecule has 7 nitrogen and oxygen atoms in total. The Morgan fingerprint density at radius 3 is 2.66 bits per heavy atom. The van der Waals surface area contributed by atoms with Crippen molar-refractivity contribution in [2.45, 2.75) is 25.9 Å². The number of hydrogen-bond donors (Lipinski definition) is 1. The molecule has 0 spiro atoms. The van der Waals surface area contributed by atoms with Gasteiger partial charge in [-0.1, -0.05) is 29.3 Å². The summed E-state index contributed by atoms with van der Waals surface area (Å²) in [5, 5.41) is 0.996. The minimum atomic E-state index is -0.100. The van der Waals surface area contributed by atoms with Gasteiger partial charge in [-0.2, -0.15) is 0 Å². The average Bonchev–Trinajstić information content (AvgIpc) is 2.80. The first-order chi connectivity index (χ1) is 15.5. The molecule has 166 valence electrons. The molecule has 3 aromatic rings. The zero-order valence-corrected chi connectivity index (χ0v) is 18.9. The third kappa shape index (κ3) is 5.29. The highest BCUT2D eigenvalue weighted by atomic mass is 35.5. The first-order valence-corrected chi connectivity index (χ1v) is 11.1. The van der Waals surface area contributed by atoms with Crippen LogP contribution in [0.1, 0.15) is 34.6 Å².